The number of benzene rings is 1. The standard InChI is InChI=1S/C12H14O2S2/c1-14-11(12(15-2)16-3)10(13)9-7-5-4-6-8-9/h4-8H,1-3H3. The van der Waals surface area contributed by atoms with Gasteiger partial charge in [0.25, 0.3) is 0 Å². The number of rotatable bonds is 5. The van der Waals surface area contributed by atoms with Crippen LogP contribution in [0.2, 0.25) is 0 Å². The van der Waals surface area contributed by atoms with E-state index in [-0.39, 0.29) is 5.78 Å². The van der Waals surface area contributed by atoms with E-state index in [1.165, 1.54) is 30.6 Å². The fourth-order valence-corrected chi connectivity index (χ4v) is 2.65. The van der Waals surface area contributed by atoms with Crippen molar-refractivity contribution in [1.82, 2.24) is 0 Å². The van der Waals surface area contributed by atoms with Crippen LogP contribution in [0.5, 0.6) is 0 Å². The first-order valence-electron chi connectivity index (χ1n) is 4.70. The average molecular weight is 254 g/mol. The Labute approximate surface area is 104 Å². The van der Waals surface area contributed by atoms with Gasteiger partial charge >= 0.3 is 0 Å². The molecule has 0 aromatic heterocycles. The molecule has 0 aliphatic rings. The molecule has 0 spiro atoms. The van der Waals surface area contributed by atoms with Crippen LogP contribution in [0.15, 0.2) is 40.3 Å². The van der Waals surface area contributed by atoms with Gasteiger partial charge in [-0.15, -0.1) is 23.5 Å². The Morgan fingerprint density at radius 2 is 1.69 bits per heavy atom. The van der Waals surface area contributed by atoms with Gasteiger partial charge in [-0.3, -0.25) is 4.79 Å². The lowest BCUT2D eigenvalue weighted by Crippen LogP contribution is -2.06. The zero-order chi connectivity index (χ0) is 12.0. The van der Waals surface area contributed by atoms with E-state index in [9.17, 15) is 4.79 Å². The molecule has 0 N–H and O–H groups in total. The van der Waals surface area contributed by atoms with E-state index in [1.54, 1.807) is 12.1 Å². The second-order valence-electron chi connectivity index (χ2n) is 2.92. The summed E-state index contributed by atoms with van der Waals surface area (Å²) in [6, 6.07) is 9.16. The first-order valence-corrected chi connectivity index (χ1v) is 7.15. The van der Waals surface area contributed by atoms with E-state index >= 15 is 0 Å². The SMILES string of the molecule is COC(C(=O)c1ccccc1)=C(SC)SC. The maximum Gasteiger partial charge on any atom is 0.229 e. The fourth-order valence-electron chi connectivity index (χ4n) is 1.26. The van der Waals surface area contributed by atoms with Crippen LogP contribution in [-0.2, 0) is 4.74 Å². The molecule has 0 saturated heterocycles. The molecule has 0 saturated carbocycles. The number of ether oxygens (including phenoxy) is 1. The molecular weight excluding hydrogens is 240 g/mol. The molecule has 1 aromatic carbocycles. The third-order valence-electron chi connectivity index (χ3n) is 2.00. The van der Waals surface area contributed by atoms with E-state index in [2.05, 4.69) is 0 Å². The number of Topliss-reactive ketones (excluding diaryl/α,β-unsaturated/α-hetero) is 1. The number of hydrogen-bond donors (Lipinski definition) is 0. The van der Waals surface area contributed by atoms with Gasteiger partial charge in [-0.2, -0.15) is 0 Å². The van der Waals surface area contributed by atoms with Crippen LogP contribution in [0, 0.1) is 0 Å². The number of allylic oxidation sites excluding steroid dienone is 1. The molecule has 0 bridgehead atoms. The van der Waals surface area contributed by atoms with Gasteiger partial charge in [0.1, 0.15) is 0 Å². The van der Waals surface area contributed by atoms with E-state index in [0.29, 0.717) is 11.3 Å². The van der Waals surface area contributed by atoms with Gasteiger partial charge in [0.05, 0.1) is 11.3 Å². The Morgan fingerprint density at radius 3 is 2.12 bits per heavy atom. The van der Waals surface area contributed by atoms with Gasteiger partial charge in [0.2, 0.25) is 5.78 Å². The lowest BCUT2D eigenvalue weighted by Gasteiger charge is -2.09. The molecule has 1 rings (SSSR count). The minimum Gasteiger partial charge on any atom is -0.491 e. The van der Waals surface area contributed by atoms with Crippen molar-refractivity contribution in [3.63, 3.8) is 0 Å². The van der Waals surface area contributed by atoms with E-state index in [0.717, 1.165) is 4.24 Å². The van der Waals surface area contributed by atoms with Crippen LogP contribution in [0.1, 0.15) is 10.4 Å². The van der Waals surface area contributed by atoms with Crippen LogP contribution in [0.4, 0.5) is 0 Å². The molecule has 0 aliphatic heterocycles. The van der Waals surface area contributed by atoms with Crippen molar-refractivity contribution < 1.29 is 9.53 Å². The molecule has 0 atom stereocenters. The summed E-state index contributed by atoms with van der Waals surface area (Å²) in [5, 5.41) is 0. The zero-order valence-corrected chi connectivity index (χ0v) is 11.2. The summed E-state index contributed by atoms with van der Waals surface area (Å²) in [7, 11) is 1.53. The van der Waals surface area contributed by atoms with Gasteiger partial charge in [0, 0.05) is 5.56 Å². The maximum atomic E-state index is 12.1. The molecule has 0 fully saturated rings. The van der Waals surface area contributed by atoms with Crippen LogP contribution in [-0.4, -0.2) is 25.4 Å². The number of hydrogen-bond acceptors (Lipinski definition) is 4. The largest absolute Gasteiger partial charge is 0.491 e. The molecular formula is C12H14O2S2. The summed E-state index contributed by atoms with van der Waals surface area (Å²) in [6.07, 6.45) is 3.87. The van der Waals surface area contributed by atoms with Gasteiger partial charge in [0.15, 0.2) is 5.76 Å². The van der Waals surface area contributed by atoms with Crippen LogP contribution in [0.25, 0.3) is 0 Å². The van der Waals surface area contributed by atoms with Crippen molar-refractivity contribution >= 4 is 29.3 Å². The second kappa shape index (κ2) is 6.66. The molecule has 0 heterocycles. The molecule has 2 nitrogen and oxygen atoms in total. The number of methoxy groups -OCH3 is 1. The minimum absolute atomic E-state index is 0.0678. The highest BCUT2D eigenvalue weighted by Crippen LogP contribution is 2.29. The van der Waals surface area contributed by atoms with Crippen molar-refractivity contribution in [3.05, 3.63) is 45.9 Å². The summed E-state index contributed by atoms with van der Waals surface area (Å²) in [5.74, 6) is 0.355. The summed E-state index contributed by atoms with van der Waals surface area (Å²) < 4.78 is 6.10. The van der Waals surface area contributed by atoms with Crippen LogP contribution in [0.3, 0.4) is 0 Å². The Hall–Kier alpha value is -0.870. The number of ketones is 1. The van der Waals surface area contributed by atoms with Gasteiger partial charge in [-0.25, -0.2) is 0 Å². The second-order valence-corrected chi connectivity index (χ2v) is 4.82. The predicted molar refractivity (Wildman–Crippen MR) is 71.8 cm³/mol. The Bertz CT molecular complexity index is 379. The van der Waals surface area contributed by atoms with Crippen LogP contribution >= 0.6 is 23.5 Å². The highest BCUT2D eigenvalue weighted by atomic mass is 32.2. The molecule has 1 aromatic rings. The van der Waals surface area contributed by atoms with Crippen LogP contribution < -0.4 is 0 Å². The molecule has 4 heteroatoms. The van der Waals surface area contributed by atoms with Gasteiger partial charge in [-0.05, 0) is 12.5 Å². The lowest BCUT2D eigenvalue weighted by atomic mass is 10.1. The fraction of sp³-hybridized carbons (Fsp3) is 0.250. The highest BCUT2D eigenvalue weighted by Gasteiger charge is 2.17. The van der Waals surface area contributed by atoms with Crippen molar-refractivity contribution in [1.29, 1.82) is 0 Å². The predicted octanol–water partition coefficient (Wildman–Crippen LogP) is 3.41. The highest BCUT2D eigenvalue weighted by molar-refractivity contribution is 8.21. The molecule has 0 amide bonds. The topological polar surface area (TPSA) is 26.3 Å². The number of carbonyl (C=O) groups is 1. The number of thioether (sulfide) groups is 2. The Morgan fingerprint density at radius 1 is 1.12 bits per heavy atom. The molecule has 86 valence electrons. The monoisotopic (exact) mass is 254 g/mol. The molecule has 16 heavy (non-hydrogen) atoms. The average Bonchev–Trinajstić information content (AvgIpc) is 2.36. The first kappa shape index (κ1) is 13.2. The van der Waals surface area contributed by atoms with Gasteiger partial charge in [-0.1, -0.05) is 30.3 Å². The van der Waals surface area contributed by atoms with Gasteiger partial charge < -0.3 is 4.74 Å². The van der Waals surface area contributed by atoms with E-state index < -0.39 is 0 Å². The molecule has 0 unspecified atom stereocenters. The summed E-state index contributed by atoms with van der Waals surface area (Å²) in [5.41, 5.74) is 0.653. The number of carbonyl (C=O) groups excluding carboxylic acids is 1. The lowest BCUT2D eigenvalue weighted by molar-refractivity contribution is 0.0954. The quantitative estimate of drug-likeness (QED) is 0.457. The normalized spacial score (nSPS) is 9.69. The summed E-state index contributed by atoms with van der Waals surface area (Å²) in [4.78, 5) is 12.1. The minimum atomic E-state index is -0.0678. The van der Waals surface area contributed by atoms with E-state index in [4.69, 9.17) is 4.74 Å². The van der Waals surface area contributed by atoms with E-state index in [1.807, 2.05) is 30.7 Å². The third kappa shape index (κ3) is 3.06. The smallest absolute Gasteiger partial charge is 0.229 e. The van der Waals surface area contributed by atoms with Crippen molar-refractivity contribution in [2.45, 2.75) is 0 Å². The summed E-state index contributed by atoms with van der Waals surface area (Å²) in [6.45, 7) is 0. The Balaban J connectivity index is 3.08. The molecule has 0 aliphatic carbocycles. The van der Waals surface area contributed by atoms with Crippen molar-refractivity contribution in [3.8, 4) is 0 Å². The van der Waals surface area contributed by atoms with Crippen molar-refractivity contribution in [2.75, 3.05) is 19.6 Å². The van der Waals surface area contributed by atoms with Crippen molar-refractivity contribution in [2.24, 2.45) is 0 Å². The zero-order valence-electron chi connectivity index (χ0n) is 9.52. The maximum absolute atomic E-state index is 12.1. The molecule has 0 radical (unpaired) electrons. The third-order valence-corrected chi connectivity index (χ3v) is 4.11. The summed E-state index contributed by atoms with van der Waals surface area (Å²) >= 11 is 3.04. The first-order chi connectivity index (χ1) is 7.74. The Kier molecular flexibility index (Phi) is 5.49.